The summed E-state index contributed by atoms with van der Waals surface area (Å²) in [5, 5.41) is 0. The molecule has 2 saturated carbocycles. The zero-order chi connectivity index (χ0) is 17.9. The Bertz CT molecular complexity index is 713. The van der Waals surface area contributed by atoms with E-state index in [1.165, 1.54) is 0 Å². The first-order valence-corrected chi connectivity index (χ1v) is 9.62. The second-order valence-corrected chi connectivity index (χ2v) is 8.96. The topological polar surface area (TPSA) is 37.4 Å². The van der Waals surface area contributed by atoms with Crippen LogP contribution in [-0.2, 0) is 9.59 Å². The molecule has 4 heteroatoms. The van der Waals surface area contributed by atoms with Crippen LogP contribution in [0.4, 0.5) is 5.69 Å². The molecule has 0 heterocycles. The minimum Gasteiger partial charge on any atom is -0.312 e. The number of Topliss-reactive ketones (excluding diaryl/α,β-unsaturated/α-hetero) is 1. The number of carbonyl (C=O) groups excluding carboxylic acids is 2. The number of halogens is 1. The normalized spacial score (nSPS) is 33.8. The van der Waals surface area contributed by atoms with Crippen LogP contribution in [-0.4, -0.2) is 23.1 Å². The number of ketones is 1. The number of carbonyl (C=O) groups is 2. The van der Waals surface area contributed by atoms with E-state index in [4.69, 9.17) is 0 Å². The van der Waals surface area contributed by atoms with Crippen LogP contribution in [0.3, 0.4) is 0 Å². The van der Waals surface area contributed by atoms with Crippen molar-refractivity contribution in [3.05, 3.63) is 29.8 Å². The van der Waals surface area contributed by atoms with E-state index in [9.17, 15) is 9.59 Å². The molecule has 3 atom stereocenters. The van der Waals surface area contributed by atoms with E-state index in [0.29, 0.717) is 6.54 Å². The quantitative estimate of drug-likeness (QED) is 0.710. The Morgan fingerprint density at radius 1 is 1.29 bits per heavy atom. The summed E-state index contributed by atoms with van der Waals surface area (Å²) in [5.74, 6) is 0.268. The molecule has 1 aromatic rings. The number of hydrogen-bond acceptors (Lipinski definition) is 2. The predicted molar refractivity (Wildman–Crippen MR) is 100 cm³/mol. The summed E-state index contributed by atoms with van der Waals surface area (Å²) in [7, 11) is 0. The molecule has 0 aliphatic heterocycles. The van der Waals surface area contributed by atoms with Gasteiger partial charge in [-0.25, -0.2) is 0 Å². The molecule has 0 aromatic heterocycles. The number of rotatable bonds is 3. The van der Waals surface area contributed by atoms with Gasteiger partial charge in [-0.1, -0.05) is 48.8 Å². The largest absolute Gasteiger partial charge is 0.312 e. The average Bonchev–Trinajstić information content (AvgIpc) is 2.80. The van der Waals surface area contributed by atoms with Crippen molar-refractivity contribution in [1.29, 1.82) is 0 Å². The van der Waals surface area contributed by atoms with Crippen LogP contribution in [0.2, 0.25) is 0 Å². The standard InChI is InChI=1S/C20H26BrNO2/c1-6-22(14-9-7-8-13(2)12-14)17(24)20-11-10-19(5,18(20,3)4)16(23)15(20)21/h7-9,12,15H,6,10-11H2,1-5H3. The van der Waals surface area contributed by atoms with Gasteiger partial charge < -0.3 is 4.90 Å². The number of fused-ring (bicyclic) bond motifs is 2. The second-order valence-electron chi connectivity index (χ2n) is 8.04. The van der Waals surface area contributed by atoms with Gasteiger partial charge in [0.1, 0.15) is 0 Å². The zero-order valence-electron chi connectivity index (χ0n) is 15.1. The average molecular weight is 392 g/mol. The molecule has 130 valence electrons. The maximum absolute atomic E-state index is 13.7. The minimum atomic E-state index is -0.668. The SMILES string of the molecule is CCN(C(=O)C12CCC(C)(C(=O)C1Br)C2(C)C)c1cccc(C)c1. The Morgan fingerprint density at radius 3 is 2.46 bits per heavy atom. The second kappa shape index (κ2) is 5.42. The highest BCUT2D eigenvalue weighted by molar-refractivity contribution is 9.10. The van der Waals surface area contributed by atoms with Gasteiger partial charge in [0, 0.05) is 17.6 Å². The highest BCUT2D eigenvalue weighted by Crippen LogP contribution is 2.72. The fourth-order valence-electron chi connectivity index (χ4n) is 4.91. The molecule has 2 aliphatic rings. The summed E-state index contributed by atoms with van der Waals surface area (Å²) in [5.41, 5.74) is 0.589. The number of aryl methyl sites for hydroxylation is 1. The predicted octanol–water partition coefficient (Wildman–Crippen LogP) is 4.51. The Balaban J connectivity index is 2.10. The monoisotopic (exact) mass is 391 g/mol. The molecule has 2 aliphatic carbocycles. The number of hydrogen-bond donors (Lipinski definition) is 0. The van der Waals surface area contributed by atoms with Gasteiger partial charge in [0.2, 0.25) is 5.91 Å². The zero-order valence-corrected chi connectivity index (χ0v) is 16.7. The lowest BCUT2D eigenvalue weighted by Crippen LogP contribution is -2.52. The summed E-state index contributed by atoms with van der Waals surface area (Å²) < 4.78 is 0. The van der Waals surface area contributed by atoms with E-state index >= 15 is 0 Å². The van der Waals surface area contributed by atoms with Crippen molar-refractivity contribution < 1.29 is 9.59 Å². The lowest BCUT2D eigenvalue weighted by molar-refractivity contribution is -0.133. The maximum Gasteiger partial charge on any atom is 0.235 e. The van der Waals surface area contributed by atoms with E-state index in [0.717, 1.165) is 24.1 Å². The summed E-state index contributed by atoms with van der Waals surface area (Å²) in [6.07, 6.45) is 1.55. The third-order valence-electron chi connectivity index (χ3n) is 6.98. The van der Waals surface area contributed by atoms with Crippen molar-refractivity contribution in [2.75, 3.05) is 11.4 Å². The first-order valence-electron chi connectivity index (χ1n) is 8.70. The van der Waals surface area contributed by atoms with Crippen LogP contribution in [0, 0.1) is 23.2 Å². The van der Waals surface area contributed by atoms with Crippen LogP contribution in [0.5, 0.6) is 0 Å². The van der Waals surface area contributed by atoms with Crippen molar-refractivity contribution >= 4 is 33.3 Å². The van der Waals surface area contributed by atoms with Crippen LogP contribution < -0.4 is 4.90 Å². The van der Waals surface area contributed by atoms with E-state index in [1.807, 2.05) is 49.9 Å². The summed E-state index contributed by atoms with van der Waals surface area (Å²) >= 11 is 3.62. The van der Waals surface area contributed by atoms with Gasteiger partial charge >= 0.3 is 0 Å². The molecule has 2 fully saturated rings. The summed E-state index contributed by atoms with van der Waals surface area (Å²) in [6.45, 7) is 10.9. The highest BCUT2D eigenvalue weighted by Gasteiger charge is 2.77. The molecule has 24 heavy (non-hydrogen) atoms. The van der Waals surface area contributed by atoms with Crippen molar-refractivity contribution in [1.82, 2.24) is 0 Å². The molecule has 0 saturated heterocycles. The molecule has 3 nitrogen and oxygen atoms in total. The van der Waals surface area contributed by atoms with Crippen LogP contribution in [0.25, 0.3) is 0 Å². The Labute approximate surface area is 152 Å². The lowest BCUT2D eigenvalue weighted by atomic mass is 9.64. The van der Waals surface area contributed by atoms with Gasteiger partial charge in [0.05, 0.1) is 10.2 Å². The number of amides is 1. The van der Waals surface area contributed by atoms with Crippen LogP contribution >= 0.6 is 15.9 Å². The maximum atomic E-state index is 13.7. The number of benzene rings is 1. The number of nitrogens with zero attached hydrogens (tertiary/aromatic N) is 1. The number of alkyl halides is 1. The van der Waals surface area contributed by atoms with Gasteiger partial charge in [0.15, 0.2) is 5.78 Å². The van der Waals surface area contributed by atoms with Crippen molar-refractivity contribution in [2.45, 2.75) is 52.3 Å². The third kappa shape index (κ3) is 1.89. The Kier molecular flexibility index (Phi) is 3.99. The molecule has 1 aromatic carbocycles. The molecule has 3 rings (SSSR count). The molecular formula is C20H26BrNO2. The molecule has 1 amide bonds. The molecular weight excluding hydrogens is 366 g/mol. The van der Waals surface area contributed by atoms with Gasteiger partial charge in [-0.05, 0) is 49.8 Å². The smallest absolute Gasteiger partial charge is 0.235 e. The molecule has 3 unspecified atom stereocenters. The van der Waals surface area contributed by atoms with Gasteiger partial charge in [-0.15, -0.1) is 0 Å². The van der Waals surface area contributed by atoms with Crippen molar-refractivity contribution in [2.24, 2.45) is 16.2 Å². The van der Waals surface area contributed by atoms with E-state index < -0.39 is 15.7 Å². The Hall–Kier alpha value is -1.16. The first kappa shape index (κ1) is 17.7. The third-order valence-corrected chi connectivity index (χ3v) is 8.17. The van der Waals surface area contributed by atoms with Crippen molar-refractivity contribution in [3.63, 3.8) is 0 Å². The first-order chi connectivity index (χ1) is 11.1. The van der Waals surface area contributed by atoms with Gasteiger partial charge in [-0.2, -0.15) is 0 Å². The van der Waals surface area contributed by atoms with E-state index in [-0.39, 0.29) is 17.1 Å². The minimum absolute atomic E-state index is 0.0806. The molecule has 0 spiro atoms. The molecule has 2 bridgehead atoms. The summed E-state index contributed by atoms with van der Waals surface area (Å²) in [6, 6.07) is 8.03. The van der Waals surface area contributed by atoms with Crippen LogP contribution in [0.1, 0.15) is 46.1 Å². The van der Waals surface area contributed by atoms with Gasteiger partial charge in [0.25, 0.3) is 0 Å². The Morgan fingerprint density at radius 2 is 1.96 bits per heavy atom. The fourth-order valence-corrected chi connectivity index (χ4v) is 6.41. The highest BCUT2D eigenvalue weighted by atomic mass is 79.9. The lowest BCUT2D eigenvalue weighted by Gasteiger charge is -2.42. The number of anilines is 1. The molecule has 0 radical (unpaired) electrons. The van der Waals surface area contributed by atoms with Crippen molar-refractivity contribution in [3.8, 4) is 0 Å². The molecule has 0 N–H and O–H groups in total. The van der Waals surface area contributed by atoms with E-state index in [1.54, 1.807) is 0 Å². The van der Waals surface area contributed by atoms with Gasteiger partial charge in [-0.3, -0.25) is 9.59 Å². The fraction of sp³-hybridized carbons (Fsp3) is 0.600. The summed E-state index contributed by atoms with van der Waals surface area (Å²) in [4.78, 5) is 28.1. The van der Waals surface area contributed by atoms with Crippen LogP contribution in [0.15, 0.2) is 24.3 Å². The van der Waals surface area contributed by atoms with E-state index in [2.05, 4.69) is 29.8 Å².